The SMILES string of the molecule is O=C(CSc1nnc2ccc(C(=O)NCc3ccccc3)cn12)Nc1ccccc1Br. The molecular weight excluding hydrogens is 478 g/mol. The van der Waals surface area contributed by atoms with Crippen molar-refractivity contribution in [2.24, 2.45) is 0 Å². The molecule has 0 aliphatic heterocycles. The highest BCUT2D eigenvalue weighted by molar-refractivity contribution is 9.10. The van der Waals surface area contributed by atoms with Gasteiger partial charge in [-0.25, -0.2) is 0 Å². The molecule has 0 unspecified atom stereocenters. The van der Waals surface area contributed by atoms with Gasteiger partial charge in [-0.05, 0) is 45.8 Å². The predicted molar refractivity (Wildman–Crippen MR) is 124 cm³/mol. The largest absolute Gasteiger partial charge is 0.348 e. The molecule has 7 nitrogen and oxygen atoms in total. The Morgan fingerprint density at radius 1 is 0.968 bits per heavy atom. The lowest BCUT2D eigenvalue weighted by molar-refractivity contribution is -0.113. The van der Waals surface area contributed by atoms with E-state index in [2.05, 4.69) is 36.8 Å². The third kappa shape index (κ3) is 5.31. The van der Waals surface area contributed by atoms with Gasteiger partial charge in [-0.3, -0.25) is 14.0 Å². The number of hydrogen-bond donors (Lipinski definition) is 2. The maximum atomic E-state index is 12.6. The van der Waals surface area contributed by atoms with Crippen molar-refractivity contribution in [1.82, 2.24) is 19.9 Å². The molecule has 4 rings (SSSR count). The van der Waals surface area contributed by atoms with Crippen LogP contribution in [-0.2, 0) is 11.3 Å². The second-order valence-corrected chi connectivity index (χ2v) is 8.41. The Morgan fingerprint density at radius 3 is 2.55 bits per heavy atom. The number of nitrogens with one attached hydrogen (secondary N) is 2. The zero-order valence-corrected chi connectivity index (χ0v) is 18.7. The first kappa shape index (κ1) is 21.1. The van der Waals surface area contributed by atoms with E-state index in [9.17, 15) is 9.59 Å². The van der Waals surface area contributed by atoms with Gasteiger partial charge in [0.1, 0.15) is 0 Å². The Hall–Kier alpha value is -3.17. The second-order valence-electron chi connectivity index (χ2n) is 6.61. The van der Waals surface area contributed by atoms with Crippen LogP contribution >= 0.6 is 27.7 Å². The molecule has 4 aromatic rings. The maximum Gasteiger partial charge on any atom is 0.253 e. The van der Waals surface area contributed by atoms with Gasteiger partial charge in [0.2, 0.25) is 5.91 Å². The first-order valence-corrected chi connectivity index (χ1v) is 11.2. The number of benzene rings is 2. The predicted octanol–water partition coefficient (Wildman–Crippen LogP) is 4.15. The average molecular weight is 496 g/mol. The van der Waals surface area contributed by atoms with Crippen molar-refractivity contribution < 1.29 is 9.59 Å². The molecule has 0 bridgehead atoms. The van der Waals surface area contributed by atoms with Gasteiger partial charge in [0, 0.05) is 17.2 Å². The van der Waals surface area contributed by atoms with Gasteiger partial charge in [-0.2, -0.15) is 0 Å². The molecule has 0 spiro atoms. The Balaban J connectivity index is 1.41. The standard InChI is InChI=1S/C22H18BrN5O2S/c23-17-8-4-5-9-18(17)25-20(29)14-31-22-27-26-19-11-10-16(13-28(19)22)21(30)24-12-15-6-2-1-3-7-15/h1-11,13H,12,14H2,(H,24,30)(H,25,29). The number of carbonyl (C=O) groups is 2. The smallest absolute Gasteiger partial charge is 0.253 e. The van der Waals surface area contributed by atoms with E-state index < -0.39 is 0 Å². The Bertz CT molecular complexity index is 1230. The van der Waals surface area contributed by atoms with Crippen LogP contribution in [0, 0.1) is 0 Å². The van der Waals surface area contributed by atoms with Gasteiger partial charge in [0.05, 0.1) is 17.0 Å². The quantitative estimate of drug-likeness (QED) is 0.376. The third-order valence-corrected chi connectivity index (χ3v) is 6.04. The molecule has 156 valence electrons. The topological polar surface area (TPSA) is 88.4 Å². The summed E-state index contributed by atoms with van der Waals surface area (Å²) in [5, 5.41) is 14.5. The summed E-state index contributed by atoms with van der Waals surface area (Å²) in [6.07, 6.45) is 1.68. The molecule has 31 heavy (non-hydrogen) atoms. The number of anilines is 1. The van der Waals surface area contributed by atoms with Crippen molar-refractivity contribution in [1.29, 1.82) is 0 Å². The molecule has 9 heteroatoms. The Labute approximate surface area is 191 Å². The Kier molecular flexibility index (Phi) is 6.63. The lowest BCUT2D eigenvalue weighted by Gasteiger charge is -2.07. The minimum atomic E-state index is -0.193. The van der Waals surface area contributed by atoms with Gasteiger partial charge in [-0.1, -0.05) is 54.2 Å². The van der Waals surface area contributed by atoms with Crippen LogP contribution in [-0.4, -0.2) is 32.2 Å². The average Bonchev–Trinajstić information content (AvgIpc) is 3.20. The van der Waals surface area contributed by atoms with Crippen molar-refractivity contribution in [3.05, 3.63) is 88.5 Å². The van der Waals surface area contributed by atoms with Crippen LogP contribution in [0.25, 0.3) is 5.65 Å². The van der Waals surface area contributed by atoms with Gasteiger partial charge in [-0.15, -0.1) is 10.2 Å². The molecule has 2 N–H and O–H groups in total. The summed E-state index contributed by atoms with van der Waals surface area (Å²) in [5.41, 5.74) is 2.82. The molecule has 0 saturated heterocycles. The monoisotopic (exact) mass is 495 g/mol. The van der Waals surface area contributed by atoms with Crippen molar-refractivity contribution in [2.45, 2.75) is 11.7 Å². The highest BCUT2D eigenvalue weighted by Crippen LogP contribution is 2.22. The van der Waals surface area contributed by atoms with Crippen LogP contribution in [0.15, 0.2) is 82.6 Å². The number of rotatable bonds is 7. The number of carbonyl (C=O) groups excluding carboxylic acids is 2. The molecule has 2 aromatic carbocycles. The number of aromatic nitrogens is 3. The molecule has 0 aliphatic rings. The van der Waals surface area contributed by atoms with E-state index in [1.165, 1.54) is 11.8 Å². The van der Waals surface area contributed by atoms with Crippen molar-refractivity contribution in [3.8, 4) is 0 Å². The fraction of sp³-hybridized carbons (Fsp3) is 0.0909. The van der Waals surface area contributed by atoms with Crippen LogP contribution in [0.1, 0.15) is 15.9 Å². The van der Waals surface area contributed by atoms with E-state index in [-0.39, 0.29) is 17.6 Å². The summed E-state index contributed by atoms with van der Waals surface area (Å²) >= 11 is 4.66. The van der Waals surface area contributed by atoms with Crippen molar-refractivity contribution >= 4 is 50.8 Å². The van der Waals surface area contributed by atoms with Crippen LogP contribution < -0.4 is 10.6 Å². The highest BCUT2D eigenvalue weighted by atomic mass is 79.9. The number of thioether (sulfide) groups is 1. The minimum absolute atomic E-state index is 0.159. The summed E-state index contributed by atoms with van der Waals surface area (Å²) in [6, 6.07) is 20.6. The first-order valence-electron chi connectivity index (χ1n) is 9.44. The molecule has 0 fully saturated rings. The Morgan fingerprint density at radius 2 is 1.74 bits per heavy atom. The summed E-state index contributed by atoms with van der Waals surface area (Å²) in [6.45, 7) is 0.441. The number of amides is 2. The molecule has 2 amide bonds. The number of pyridine rings is 1. The summed E-state index contributed by atoms with van der Waals surface area (Å²) in [7, 11) is 0. The molecule has 2 heterocycles. The maximum absolute atomic E-state index is 12.6. The zero-order chi connectivity index (χ0) is 21.6. The molecule has 0 atom stereocenters. The van der Waals surface area contributed by atoms with Gasteiger partial charge in [0.15, 0.2) is 10.8 Å². The second kappa shape index (κ2) is 9.76. The molecular formula is C22H18BrN5O2S. The van der Waals surface area contributed by atoms with Gasteiger partial charge >= 0.3 is 0 Å². The normalized spacial score (nSPS) is 10.7. The van der Waals surface area contributed by atoms with E-state index in [0.29, 0.717) is 28.6 Å². The van der Waals surface area contributed by atoms with E-state index >= 15 is 0 Å². The summed E-state index contributed by atoms with van der Waals surface area (Å²) in [4.78, 5) is 24.9. The van der Waals surface area contributed by atoms with Crippen LogP contribution in [0.3, 0.4) is 0 Å². The van der Waals surface area contributed by atoms with Crippen LogP contribution in [0.4, 0.5) is 5.69 Å². The fourth-order valence-corrected chi connectivity index (χ4v) is 3.96. The summed E-state index contributed by atoms with van der Waals surface area (Å²) in [5.74, 6) is -0.195. The number of halogens is 1. The van der Waals surface area contributed by atoms with Crippen molar-refractivity contribution in [2.75, 3.05) is 11.1 Å². The molecule has 0 radical (unpaired) electrons. The molecule has 2 aromatic heterocycles. The zero-order valence-electron chi connectivity index (χ0n) is 16.3. The fourth-order valence-electron chi connectivity index (χ4n) is 2.86. The van der Waals surface area contributed by atoms with Gasteiger partial charge < -0.3 is 10.6 Å². The van der Waals surface area contributed by atoms with Gasteiger partial charge in [0.25, 0.3) is 5.91 Å². The number of nitrogens with zero attached hydrogens (tertiary/aromatic N) is 3. The van der Waals surface area contributed by atoms with E-state index in [4.69, 9.17) is 0 Å². The van der Waals surface area contributed by atoms with Crippen molar-refractivity contribution in [3.63, 3.8) is 0 Å². The molecule has 0 aliphatic carbocycles. The van der Waals surface area contributed by atoms with Crippen LogP contribution in [0.2, 0.25) is 0 Å². The number of hydrogen-bond acceptors (Lipinski definition) is 5. The van der Waals surface area contributed by atoms with E-state index in [1.807, 2.05) is 54.6 Å². The van der Waals surface area contributed by atoms with E-state index in [0.717, 1.165) is 10.0 Å². The third-order valence-electron chi connectivity index (χ3n) is 4.41. The number of fused-ring (bicyclic) bond motifs is 1. The lowest BCUT2D eigenvalue weighted by atomic mass is 10.2. The number of para-hydroxylation sites is 1. The lowest BCUT2D eigenvalue weighted by Crippen LogP contribution is -2.23. The summed E-state index contributed by atoms with van der Waals surface area (Å²) < 4.78 is 2.53. The molecule has 0 saturated carbocycles. The first-order chi connectivity index (χ1) is 15.1. The van der Waals surface area contributed by atoms with E-state index in [1.54, 1.807) is 22.7 Å². The van der Waals surface area contributed by atoms with Crippen LogP contribution in [0.5, 0.6) is 0 Å². The minimum Gasteiger partial charge on any atom is -0.348 e. The highest BCUT2D eigenvalue weighted by Gasteiger charge is 2.13.